The predicted molar refractivity (Wildman–Crippen MR) is 101 cm³/mol. The van der Waals surface area contributed by atoms with E-state index < -0.39 is 11.6 Å². The molecule has 2 atom stereocenters. The summed E-state index contributed by atoms with van der Waals surface area (Å²) in [6.07, 6.45) is 0. The van der Waals surface area contributed by atoms with Crippen molar-refractivity contribution in [3.05, 3.63) is 76.3 Å². The first kappa shape index (κ1) is 18.5. The molecule has 1 fully saturated rings. The molecule has 1 amide bonds. The Labute approximate surface area is 164 Å². The van der Waals surface area contributed by atoms with Crippen LogP contribution in [0.5, 0.6) is 5.75 Å². The molecular weight excluding hydrogens is 384 g/mol. The van der Waals surface area contributed by atoms with Crippen LogP contribution < -0.4 is 4.74 Å². The maximum absolute atomic E-state index is 13.6. The quantitative estimate of drug-likeness (QED) is 0.666. The van der Waals surface area contributed by atoms with Gasteiger partial charge in [0.15, 0.2) is 11.6 Å². The van der Waals surface area contributed by atoms with Gasteiger partial charge in [0.2, 0.25) is 0 Å². The molecule has 3 aromatic rings. The average molecular weight is 401 g/mol. The zero-order valence-corrected chi connectivity index (χ0v) is 15.8. The van der Waals surface area contributed by atoms with Gasteiger partial charge in [0.05, 0.1) is 12.8 Å². The number of hydrogen-bond donors (Lipinski definition) is 0. The Morgan fingerprint density at radius 1 is 1.14 bits per heavy atom. The number of carbonyl (C=O) groups is 1. The van der Waals surface area contributed by atoms with E-state index in [1.165, 1.54) is 17.6 Å². The van der Waals surface area contributed by atoms with E-state index in [0.717, 1.165) is 29.1 Å². The number of nitrogens with zero attached hydrogens (tertiary/aromatic N) is 3. The first-order valence-electron chi connectivity index (χ1n) is 8.72. The maximum Gasteiger partial charge on any atom is 0.254 e. The molecule has 0 N–H and O–H groups in total. The third kappa shape index (κ3) is 3.47. The van der Waals surface area contributed by atoms with E-state index in [1.54, 1.807) is 12.0 Å². The molecule has 4 rings (SSSR count). The molecule has 0 saturated carbocycles. The van der Waals surface area contributed by atoms with Crippen LogP contribution in [0.1, 0.15) is 33.5 Å². The first-order valence-corrected chi connectivity index (χ1v) is 9.55. The number of amides is 1. The highest BCUT2D eigenvalue weighted by molar-refractivity contribution is 7.03. The largest absolute Gasteiger partial charge is 0.497 e. The van der Waals surface area contributed by atoms with E-state index in [9.17, 15) is 13.6 Å². The van der Waals surface area contributed by atoms with Gasteiger partial charge in [-0.2, -0.15) is 0 Å². The molecule has 1 aliphatic rings. The minimum absolute atomic E-state index is 0.00625. The van der Waals surface area contributed by atoms with Crippen molar-refractivity contribution in [2.45, 2.75) is 11.8 Å². The Bertz CT molecular complexity index is 997. The van der Waals surface area contributed by atoms with Gasteiger partial charge in [-0.15, -0.1) is 5.10 Å². The normalized spacial score (nSPS) is 19.0. The molecule has 2 heterocycles. The van der Waals surface area contributed by atoms with E-state index in [2.05, 4.69) is 9.59 Å². The van der Waals surface area contributed by atoms with Crippen LogP contribution in [-0.4, -0.2) is 40.6 Å². The number of likely N-dealkylation sites (tertiary alicyclic amines) is 1. The summed E-state index contributed by atoms with van der Waals surface area (Å²) in [5.74, 6) is -1.66. The fourth-order valence-electron chi connectivity index (χ4n) is 3.62. The SMILES string of the molecule is COc1cccc([C@H]2CN(C(=O)c3ccc(F)c(F)c3)C[C@@H]2c2csnn2)c1. The fraction of sp³-hybridized carbons (Fsp3) is 0.250. The molecule has 0 unspecified atom stereocenters. The van der Waals surface area contributed by atoms with E-state index in [4.69, 9.17) is 4.74 Å². The summed E-state index contributed by atoms with van der Waals surface area (Å²) < 4.78 is 36.1. The molecule has 0 aliphatic carbocycles. The topological polar surface area (TPSA) is 55.3 Å². The lowest BCUT2D eigenvalue weighted by Crippen LogP contribution is -2.29. The predicted octanol–water partition coefficient (Wildman–Crippen LogP) is 3.85. The number of carbonyl (C=O) groups excluding carboxylic acids is 1. The zero-order chi connectivity index (χ0) is 19.7. The number of methoxy groups -OCH3 is 1. The Kier molecular flexibility index (Phi) is 5.04. The van der Waals surface area contributed by atoms with Crippen molar-refractivity contribution in [3.63, 3.8) is 0 Å². The monoisotopic (exact) mass is 401 g/mol. The van der Waals surface area contributed by atoms with E-state index in [0.29, 0.717) is 13.1 Å². The highest BCUT2D eigenvalue weighted by Crippen LogP contribution is 2.40. The summed E-state index contributed by atoms with van der Waals surface area (Å²) in [4.78, 5) is 14.6. The van der Waals surface area contributed by atoms with E-state index >= 15 is 0 Å². The summed E-state index contributed by atoms with van der Waals surface area (Å²) in [5.41, 5.74) is 1.97. The van der Waals surface area contributed by atoms with Gasteiger partial charge in [0.1, 0.15) is 5.75 Å². The van der Waals surface area contributed by atoms with Crippen molar-refractivity contribution in [1.82, 2.24) is 14.5 Å². The van der Waals surface area contributed by atoms with Crippen molar-refractivity contribution in [3.8, 4) is 5.75 Å². The highest BCUT2D eigenvalue weighted by Gasteiger charge is 2.39. The van der Waals surface area contributed by atoms with Crippen molar-refractivity contribution >= 4 is 17.4 Å². The molecule has 28 heavy (non-hydrogen) atoms. The lowest BCUT2D eigenvalue weighted by molar-refractivity contribution is 0.0788. The van der Waals surface area contributed by atoms with Crippen LogP contribution in [-0.2, 0) is 0 Å². The molecule has 0 bridgehead atoms. The van der Waals surface area contributed by atoms with Crippen LogP contribution in [0.15, 0.2) is 47.8 Å². The minimum atomic E-state index is -1.03. The second-order valence-electron chi connectivity index (χ2n) is 6.66. The smallest absolute Gasteiger partial charge is 0.254 e. The number of halogens is 2. The number of rotatable bonds is 4. The van der Waals surface area contributed by atoms with Crippen LogP contribution in [0, 0.1) is 11.6 Å². The van der Waals surface area contributed by atoms with Crippen molar-refractivity contribution in [2.75, 3.05) is 20.2 Å². The fourth-order valence-corrected chi connectivity index (χ4v) is 4.14. The number of hydrogen-bond acceptors (Lipinski definition) is 5. The van der Waals surface area contributed by atoms with Gasteiger partial charge in [-0.05, 0) is 47.4 Å². The summed E-state index contributed by atoms with van der Waals surface area (Å²) >= 11 is 1.26. The molecular formula is C20H17F2N3O2S. The molecule has 144 valence electrons. The molecule has 5 nitrogen and oxygen atoms in total. The third-order valence-corrected chi connectivity index (χ3v) is 5.58. The lowest BCUT2D eigenvalue weighted by Gasteiger charge is -2.17. The van der Waals surface area contributed by atoms with Crippen LogP contribution in [0.3, 0.4) is 0 Å². The molecule has 1 aliphatic heterocycles. The van der Waals surface area contributed by atoms with Gasteiger partial charge >= 0.3 is 0 Å². The van der Waals surface area contributed by atoms with Gasteiger partial charge in [0.25, 0.3) is 5.91 Å². The average Bonchev–Trinajstić information content (AvgIpc) is 3.39. The van der Waals surface area contributed by atoms with Gasteiger partial charge in [-0.3, -0.25) is 4.79 Å². The molecule has 8 heteroatoms. The molecule has 1 aromatic heterocycles. The Hall–Kier alpha value is -2.87. The van der Waals surface area contributed by atoms with Crippen LogP contribution in [0.2, 0.25) is 0 Å². The number of ether oxygens (including phenoxy) is 1. The summed E-state index contributed by atoms with van der Waals surface area (Å²) in [6.45, 7) is 0.859. The van der Waals surface area contributed by atoms with Crippen molar-refractivity contribution in [1.29, 1.82) is 0 Å². The Morgan fingerprint density at radius 3 is 2.68 bits per heavy atom. The van der Waals surface area contributed by atoms with Gasteiger partial charge in [0, 0.05) is 35.9 Å². The maximum atomic E-state index is 13.6. The Balaban J connectivity index is 1.65. The summed E-state index contributed by atoms with van der Waals surface area (Å²) in [5, 5.41) is 6.08. The first-order chi connectivity index (χ1) is 13.6. The third-order valence-electron chi connectivity index (χ3n) is 5.05. The van der Waals surface area contributed by atoms with Gasteiger partial charge in [-0.1, -0.05) is 16.6 Å². The number of aromatic nitrogens is 2. The number of benzene rings is 2. The van der Waals surface area contributed by atoms with Crippen molar-refractivity contribution in [2.24, 2.45) is 0 Å². The Morgan fingerprint density at radius 2 is 1.96 bits per heavy atom. The minimum Gasteiger partial charge on any atom is -0.497 e. The summed E-state index contributed by atoms with van der Waals surface area (Å²) in [7, 11) is 1.61. The molecule has 0 spiro atoms. The van der Waals surface area contributed by atoms with Gasteiger partial charge < -0.3 is 9.64 Å². The highest BCUT2D eigenvalue weighted by atomic mass is 32.1. The van der Waals surface area contributed by atoms with Crippen LogP contribution in [0.25, 0.3) is 0 Å². The second kappa shape index (κ2) is 7.63. The molecule has 2 aromatic carbocycles. The van der Waals surface area contributed by atoms with Crippen LogP contribution >= 0.6 is 11.5 Å². The van der Waals surface area contributed by atoms with Crippen molar-refractivity contribution < 1.29 is 18.3 Å². The zero-order valence-electron chi connectivity index (χ0n) is 15.0. The lowest BCUT2D eigenvalue weighted by atomic mass is 9.87. The van der Waals surface area contributed by atoms with Crippen LogP contribution in [0.4, 0.5) is 8.78 Å². The second-order valence-corrected chi connectivity index (χ2v) is 7.27. The van der Waals surface area contributed by atoms with E-state index in [1.807, 2.05) is 29.6 Å². The summed E-state index contributed by atoms with van der Waals surface area (Å²) in [6, 6.07) is 10.9. The standard InChI is InChI=1S/C20H17F2N3O2S/c1-27-14-4-2-3-12(7-14)15-9-25(10-16(15)19-11-28-24-23-19)20(26)13-5-6-17(21)18(22)8-13/h2-8,11,15-16H,9-10H2,1H3/t15-,16+/m1/s1. The van der Waals surface area contributed by atoms with Gasteiger partial charge in [-0.25, -0.2) is 8.78 Å². The molecule has 0 radical (unpaired) electrons. The van der Waals surface area contributed by atoms with E-state index in [-0.39, 0.29) is 23.3 Å². The molecule has 1 saturated heterocycles.